The number of anilines is 1. The molecule has 0 spiro atoms. The van der Waals surface area contributed by atoms with Gasteiger partial charge in [0, 0.05) is 30.0 Å². The number of nitrogens with one attached hydrogen (secondary N) is 2. The van der Waals surface area contributed by atoms with Gasteiger partial charge in [0.05, 0.1) is 41.1 Å². The van der Waals surface area contributed by atoms with Gasteiger partial charge in [-0.05, 0) is 45.2 Å². The van der Waals surface area contributed by atoms with Crippen LogP contribution in [0.4, 0.5) is 10.1 Å². The van der Waals surface area contributed by atoms with Crippen molar-refractivity contribution in [3.8, 4) is 11.9 Å². The summed E-state index contributed by atoms with van der Waals surface area (Å²) < 4.78 is 15.9. The first-order valence-corrected chi connectivity index (χ1v) is 11.1. The first kappa shape index (κ1) is 23.6. The summed E-state index contributed by atoms with van der Waals surface area (Å²) in [5.74, 6) is -0.0614. The van der Waals surface area contributed by atoms with E-state index in [2.05, 4.69) is 26.7 Å². The lowest BCUT2D eigenvalue weighted by Crippen LogP contribution is -2.42. The SMILES string of the molecule is CC(C)(O)C(F)CNC(=O)c1cnc(-n2ccc3cc(C#N)cnc32)cc1N[C@@H]1CCC[C@H]1O. The molecule has 0 bridgehead atoms. The maximum Gasteiger partial charge on any atom is 0.255 e. The second kappa shape index (κ2) is 9.37. The summed E-state index contributed by atoms with van der Waals surface area (Å²) in [5.41, 5.74) is 0.101. The smallest absolute Gasteiger partial charge is 0.255 e. The molecule has 3 atom stereocenters. The van der Waals surface area contributed by atoms with Crippen molar-refractivity contribution in [1.29, 1.82) is 5.26 Å². The molecule has 178 valence electrons. The molecule has 3 aromatic heterocycles. The number of pyridine rings is 2. The van der Waals surface area contributed by atoms with Gasteiger partial charge < -0.3 is 20.8 Å². The molecule has 0 aromatic carbocycles. The van der Waals surface area contributed by atoms with Crippen LogP contribution in [0.1, 0.15) is 49.0 Å². The van der Waals surface area contributed by atoms with E-state index in [1.54, 1.807) is 22.9 Å². The number of amides is 1. The first-order chi connectivity index (χ1) is 16.2. The van der Waals surface area contributed by atoms with Crippen molar-refractivity contribution in [2.75, 3.05) is 11.9 Å². The fraction of sp³-hybridized carbons (Fsp3) is 0.417. The summed E-state index contributed by atoms with van der Waals surface area (Å²) in [6.07, 6.45) is 4.72. The van der Waals surface area contributed by atoms with Gasteiger partial charge in [0.25, 0.3) is 5.91 Å². The number of aliphatic hydroxyl groups is 2. The Labute approximate surface area is 196 Å². The number of fused-ring (bicyclic) bond motifs is 1. The fourth-order valence-corrected chi connectivity index (χ4v) is 3.98. The average molecular weight is 467 g/mol. The minimum absolute atomic E-state index is 0.196. The summed E-state index contributed by atoms with van der Waals surface area (Å²) in [6, 6.07) is 7.06. The van der Waals surface area contributed by atoms with E-state index in [1.165, 1.54) is 26.2 Å². The number of carbonyl (C=O) groups excluding carboxylic acids is 1. The quantitative estimate of drug-likeness (QED) is 0.420. The van der Waals surface area contributed by atoms with Crippen LogP contribution in [0.5, 0.6) is 0 Å². The van der Waals surface area contributed by atoms with Gasteiger partial charge in [-0.1, -0.05) is 0 Å². The van der Waals surface area contributed by atoms with E-state index in [-0.39, 0.29) is 18.2 Å². The highest BCUT2D eigenvalue weighted by Crippen LogP contribution is 2.27. The molecular formula is C24H27FN6O3. The number of rotatable bonds is 7. The molecule has 0 radical (unpaired) electrons. The predicted octanol–water partition coefficient (Wildman–Crippen LogP) is 2.46. The highest BCUT2D eigenvalue weighted by Gasteiger charge is 2.29. The highest BCUT2D eigenvalue weighted by molar-refractivity contribution is 5.99. The van der Waals surface area contributed by atoms with Crippen molar-refractivity contribution in [2.45, 2.75) is 57.0 Å². The van der Waals surface area contributed by atoms with Gasteiger partial charge in [-0.15, -0.1) is 0 Å². The Morgan fingerprint density at radius 1 is 1.35 bits per heavy atom. The van der Waals surface area contributed by atoms with Crippen molar-refractivity contribution < 1.29 is 19.4 Å². The Hall–Kier alpha value is -3.55. The molecule has 0 saturated heterocycles. The second-order valence-corrected chi connectivity index (χ2v) is 9.10. The number of nitriles is 1. The first-order valence-electron chi connectivity index (χ1n) is 11.1. The van der Waals surface area contributed by atoms with Gasteiger partial charge in [-0.25, -0.2) is 14.4 Å². The molecule has 9 nitrogen and oxygen atoms in total. The molecular weight excluding hydrogens is 439 g/mol. The normalized spacial score (nSPS) is 19.1. The van der Waals surface area contributed by atoms with E-state index in [4.69, 9.17) is 5.26 Å². The van der Waals surface area contributed by atoms with Crippen LogP contribution >= 0.6 is 0 Å². The van der Waals surface area contributed by atoms with E-state index in [1.807, 2.05) is 6.07 Å². The Morgan fingerprint density at radius 2 is 2.15 bits per heavy atom. The molecule has 3 aromatic rings. The van der Waals surface area contributed by atoms with Crippen molar-refractivity contribution >= 4 is 22.6 Å². The molecule has 1 amide bonds. The van der Waals surface area contributed by atoms with Crippen LogP contribution in [-0.4, -0.2) is 61.1 Å². The van der Waals surface area contributed by atoms with Gasteiger partial charge in [0.15, 0.2) is 0 Å². The Balaban J connectivity index is 1.67. The van der Waals surface area contributed by atoms with Gasteiger partial charge in [-0.3, -0.25) is 9.36 Å². The number of hydrogen-bond acceptors (Lipinski definition) is 7. The molecule has 4 rings (SSSR count). The predicted molar refractivity (Wildman–Crippen MR) is 124 cm³/mol. The van der Waals surface area contributed by atoms with Gasteiger partial charge >= 0.3 is 0 Å². The number of carbonyl (C=O) groups is 1. The van der Waals surface area contributed by atoms with E-state index in [0.717, 1.165) is 18.2 Å². The average Bonchev–Trinajstić information content (AvgIpc) is 3.41. The monoisotopic (exact) mass is 466 g/mol. The molecule has 1 aliphatic rings. The number of aliphatic hydroxyl groups excluding tert-OH is 1. The van der Waals surface area contributed by atoms with E-state index >= 15 is 0 Å². The highest BCUT2D eigenvalue weighted by atomic mass is 19.1. The van der Waals surface area contributed by atoms with Crippen LogP contribution in [-0.2, 0) is 0 Å². The van der Waals surface area contributed by atoms with Gasteiger partial charge in [-0.2, -0.15) is 5.26 Å². The molecule has 1 saturated carbocycles. The summed E-state index contributed by atoms with van der Waals surface area (Å²) >= 11 is 0. The lowest BCUT2D eigenvalue weighted by Gasteiger charge is -2.23. The number of alkyl halides is 1. The van der Waals surface area contributed by atoms with E-state index in [0.29, 0.717) is 29.1 Å². The lowest BCUT2D eigenvalue weighted by atomic mass is 10.0. The minimum atomic E-state index is -1.65. The van der Waals surface area contributed by atoms with E-state index in [9.17, 15) is 19.4 Å². The Morgan fingerprint density at radius 3 is 2.82 bits per heavy atom. The number of nitrogens with zero attached hydrogens (tertiary/aromatic N) is 4. The third-order valence-corrected chi connectivity index (χ3v) is 6.07. The van der Waals surface area contributed by atoms with Crippen molar-refractivity contribution in [1.82, 2.24) is 19.9 Å². The number of halogens is 1. The van der Waals surface area contributed by atoms with Crippen LogP contribution in [0.3, 0.4) is 0 Å². The maximum atomic E-state index is 14.2. The van der Waals surface area contributed by atoms with Crippen molar-refractivity contribution in [3.63, 3.8) is 0 Å². The van der Waals surface area contributed by atoms with Crippen LogP contribution in [0.25, 0.3) is 16.9 Å². The van der Waals surface area contributed by atoms with Crippen LogP contribution < -0.4 is 10.6 Å². The molecule has 4 N–H and O–H groups in total. The standard InChI is InChI=1S/C24H27FN6O3/c1-24(2,34)20(25)13-29-23(33)16-12-27-21(9-18(16)30-17-4-3-5-19(17)32)31-7-6-15-8-14(10-26)11-28-22(15)31/h6-9,11-12,17,19-20,32,34H,3-5,13H2,1-2H3,(H,27,30)(H,29,33)/t17-,19-,20?/m1/s1. The zero-order valence-electron chi connectivity index (χ0n) is 19.0. The van der Waals surface area contributed by atoms with Crippen molar-refractivity contribution in [2.24, 2.45) is 0 Å². The largest absolute Gasteiger partial charge is 0.391 e. The molecule has 1 unspecified atom stereocenters. The maximum absolute atomic E-state index is 14.2. The van der Waals surface area contributed by atoms with E-state index < -0.39 is 23.8 Å². The summed E-state index contributed by atoms with van der Waals surface area (Å²) in [5, 5.41) is 35.7. The number of aromatic nitrogens is 3. The van der Waals surface area contributed by atoms with Gasteiger partial charge in [0.1, 0.15) is 23.7 Å². The molecule has 0 aliphatic heterocycles. The van der Waals surface area contributed by atoms with Crippen LogP contribution in [0, 0.1) is 11.3 Å². The fourth-order valence-electron chi connectivity index (χ4n) is 3.98. The lowest BCUT2D eigenvalue weighted by molar-refractivity contribution is -0.00177. The Kier molecular flexibility index (Phi) is 6.50. The van der Waals surface area contributed by atoms with Crippen LogP contribution in [0.2, 0.25) is 0 Å². The van der Waals surface area contributed by atoms with Crippen molar-refractivity contribution in [3.05, 3.63) is 47.9 Å². The third kappa shape index (κ3) is 4.85. The summed E-state index contributed by atoms with van der Waals surface area (Å²) in [6.45, 7) is 2.32. The summed E-state index contributed by atoms with van der Waals surface area (Å²) in [4.78, 5) is 21.7. The second-order valence-electron chi connectivity index (χ2n) is 9.10. The zero-order valence-corrected chi connectivity index (χ0v) is 19.0. The topological polar surface area (TPSA) is 136 Å². The molecule has 1 aliphatic carbocycles. The molecule has 10 heteroatoms. The Bertz CT molecular complexity index is 1250. The van der Waals surface area contributed by atoms with Crippen LogP contribution in [0.15, 0.2) is 36.8 Å². The zero-order chi connectivity index (χ0) is 24.5. The van der Waals surface area contributed by atoms with Gasteiger partial charge in [0.2, 0.25) is 0 Å². The molecule has 1 fully saturated rings. The molecule has 34 heavy (non-hydrogen) atoms. The third-order valence-electron chi connectivity index (χ3n) is 6.07. The number of hydrogen-bond donors (Lipinski definition) is 4. The molecule has 3 heterocycles. The minimum Gasteiger partial charge on any atom is -0.391 e. The summed E-state index contributed by atoms with van der Waals surface area (Å²) in [7, 11) is 0.